The molecule has 4 rings (SSSR count). The molecule has 3 aromatic carbocycles. The predicted octanol–water partition coefficient (Wildman–Crippen LogP) is 5.53. The van der Waals surface area contributed by atoms with Crippen LogP contribution >= 0.6 is 12.4 Å². The van der Waals surface area contributed by atoms with Crippen molar-refractivity contribution >= 4 is 18.4 Å². The topological polar surface area (TPSA) is 36.4 Å². The zero-order valence-corrected chi connectivity index (χ0v) is 17.6. The molecule has 2 N–H and O–H groups in total. The van der Waals surface area contributed by atoms with Crippen LogP contribution in [0.1, 0.15) is 39.9 Å². The van der Waals surface area contributed by atoms with Crippen molar-refractivity contribution in [2.45, 2.75) is 32.5 Å². The number of rotatable bonds is 4. The first kappa shape index (κ1) is 21.8. The third-order valence-corrected chi connectivity index (χ3v) is 5.35. The molecule has 0 saturated heterocycles. The first-order valence-corrected chi connectivity index (χ1v) is 9.66. The standard InChI is InChI=1S/C24H23F2N3.ClH/c1-15-7-3-5-9-18(15)22-23(19-10-6-4-8-16(19)2)29-24(28-22)27-14-17-11-12-20(25)21(26)13-17;/h3-13,22-23H,14H2,1-2H3,(H2,27,28,29);1H. The quantitative estimate of drug-likeness (QED) is 0.574. The number of aliphatic imine (C=N–C) groups is 1. The highest BCUT2D eigenvalue weighted by molar-refractivity contribution is 5.85. The van der Waals surface area contributed by atoms with Crippen LogP contribution in [0.25, 0.3) is 0 Å². The van der Waals surface area contributed by atoms with Crippen LogP contribution < -0.4 is 10.6 Å². The van der Waals surface area contributed by atoms with Gasteiger partial charge in [0, 0.05) is 6.54 Å². The van der Waals surface area contributed by atoms with Gasteiger partial charge in [-0.05, 0) is 53.8 Å². The van der Waals surface area contributed by atoms with E-state index in [4.69, 9.17) is 4.99 Å². The van der Waals surface area contributed by atoms with Gasteiger partial charge >= 0.3 is 0 Å². The molecule has 2 unspecified atom stereocenters. The summed E-state index contributed by atoms with van der Waals surface area (Å²) in [4.78, 5) is 4.90. The fourth-order valence-electron chi connectivity index (χ4n) is 3.76. The van der Waals surface area contributed by atoms with E-state index in [1.54, 1.807) is 6.07 Å². The van der Waals surface area contributed by atoms with E-state index < -0.39 is 11.6 Å². The summed E-state index contributed by atoms with van der Waals surface area (Å²) in [6, 6.07) is 20.3. The van der Waals surface area contributed by atoms with Gasteiger partial charge < -0.3 is 10.6 Å². The summed E-state index contributed by atoms with van der Waals surface area (Å²) in [6.45, 7) is 4.54. The highest BCUT2D eigenvalue weighted by Crippen LogP contribution is 2.38. The van der Waals surface area contributed by atoms with Gasteiger partial charge in [0.1, 0.15) is 6.04 Å². The minimum Gasteiger partial charge on any atom is -0.352 e. The van der Waals surface area contributed by atoms with Crippen LogP contribution in [0.3, 0.4) is 0 Å². The second-order valence-corrected chi connectivity index (χ2v) is 7.36. The van der Waals surface area contributed by atoms with Gasteiger partial charge in [0.2, 0.25) is 0 Å². The largest absolute Gasteiger partial charge is 0.352 e. The Labute approximate surface area is 181 Å². The highest BCUT2D eigenvalue weighted by atomic mass is 35.5. The summed E-state index contributed by atoms with van der Waals surface area (Å²) in [5, 5.41) is 6.72. The zero-order valence-electron chi connectivity index (χ0n) is 16.8. The minimum absolute atomic E-state index is 0. The third kappa shape index (κ3) is 4.46. The fraction of sp³-hybridized carbons (Fsp3) is 0.208. The van der Waals surface area contributed by atoms with Crippen molar-refractivity contribution in [3.05, 3.63) is 106 Å². The Bertz CT molecular complexity index is 1070. The molecule has 156 valence electrons. The minimum atomic E-state index is -0.846. The van der Waals surface area contributed by atoms with Crippen LogP contribution in [0.5, 0.6) is 0 Å². The Morgan fingerprint density at radius 3 is 2.13 bits per heavy atom. The first-order valence-electron chi connectivity index (χ1n) is 9.66. The lowest BCUT2D eigenvalue weighted by molar-refractivity contribution is 0.506. The fourth-order valence-corrected chi connectivity index (χ4v) is 3.76. The summed E-state index contributed by atoms with van der Waals surface area (Å²) in [5.74, 6) is -1.04. The number of nitrogens with zero attached hydrogens (tertiary/aromatic N) is 1. The van der Waals surface area contributed by atoms with Crippen molar-refractivity contribution < 1.29 is 8.78 Å². The van der Waals surface area contributed by atoms with Crippen molar-refractivity contribution in [3.8, 4) is 0 Å². The van der Waals surface area contributed by atoms with E-state index in [2.05, 4.69) is 48.7 Å². The van der Waals surface area contributed by atoms with Gasteiger partial charge in [-0.2, -0.15) is 0 Å². The molecule has 2 atom stereocenters. The maximum Gasteiger partial charge on any atom is 0.192 e. The molecule has 0 aromatic heterocycles. The van der Waals surface area contributed by atoms with Gasteiger partial charge in [-0.25, -0.2) is 13.8 Å². The second kappa shape index (κ2) is 9.26. The van der Waals surface area contributed by atoms with E-state index in [0.717, 1.165) is 11.6 Å². The van der Waals surface area contributed by atoms with Crippen molar-refractivity contribution in [1.82, 2.24) is 10.6 Å². The Hall–Kier alpha value is -2.92. The van der Waals surface area contributed by atoms with E-state index in [9.17, 15) is 8.78 Å². The van der Waals surface area contributed by atoms with Crippen LogP contribution in [-0.4, -0.2) is 5.96 Å². The number of hydrogen-bond acceptors (Lipinski definition) is 3. The summed E-state index contributed by atoms with van der Waals surface area (Å²) in [5.41, 5.74) is 5.39. The van der Waals surface area contributed by atoms with E-state index in [1.807, 2.05) is 24.3 Å². The van der Waals surface area contributed by atoms with Gasteiger partial charge in [0.25, 0.3) is 0 Å². The Morgan fingerprint density at radius 2 is 1.50 bits per heavy atom. The molecule has 6 heteroatoms. The second-order valence-electron chi connectivity index (χ2n) is 7.36. The van der Waals surface area contributed by atoms with Gasteiger partial charge in [-0.3, -0.25) is 0 Å². The van der Waals surface area contributed by atoms with Crippen LogP contribution in [0.15, 0.2) is 71.7 Å². The van der Waals surface area contributed by atoms with Crippen molar-refractivity contribution in [1.29, 1.82) is 0 Å². The lowest BCUT2D eigenvalue weighted by Gasteiger charge is -2.22. The smallest absolute Gasteiger partial charge is 0.192 e. The molecule has 0 bridgehead atoms. The maximum atomic E-state index is 13.5. The van der Waals surface area contributed by atoms with Crippen LogP contribution in [0, 0.1) is 25.5 Å². The highest BCUT2D eigenvalue weighted by Gasteiger charge is 2.32. The molecule has 3 nitrogen and oxygen atoms in total. The van der Waals surface area contributed by atoms with E-state index in [0.29, 0.717) is 18.1 Å². The van der Waals surface area contributed by atoms with E-state index in [1.165, 1.54) is 22.8 Å². The number of halogens is 3. The number of benzene rings is 3. The van der Waals surface area contributed by atoms with Crippen molar-refractivity contribution in [2.24, 2.45) is 4.99 Å². The molecule has 3 aromatic rings. The molecule has 30 heavy (non-hydrogen) atoms. The lowest BCUT2D eigenvalue weighted by Crippen LogP contribution is -2.35. The number of nitrogens with one attached hydrogen (secondary N) is 2. The SMILES string of the molecule is Cc1ccccc1C1N=C(NCc2ccc(F)c(F)c2)NC1c1ccccc1C.Cl. The van der Waals surface area contributed by atoms with Gasteiger partial charge in [-0.1, -0.05) is 54.6 Å². The molecule has 0 aliphatic carbocycles. The first-order chi connectivity index (χ1) is 14.0. The lowest BCUT2D eigenvalue weighted by atomic mass is 9.90. The molecule has 0 saturated carbocycles. The van der Waals surface area contributed by atoms with Gasteiger partial charge in [0.05, 0.1) is 6.04 Å². The van der Waals surface area contributed by atoms with Crippen LogP contribution in [0.4, 0.5) is 8.78 Å². The molecular weight excluding hydrogens is 404 g/mol. The molecule has 0 radical (unpaired) electrons. The summed E-state index contributed by atoms with van der Waals surface area (Å²) in [7, 11) is 0. The molecule has 1 heterocycles. The van der Waals surface area contributed by atoms with Crippen LogP contribution in [0.2, 0.25) is 0 Å². The maximum absolute atomic E-state index is 13.5. The molecule has 1 aliphatic heterocycles. The number of guanidine groups is 1. The van der Waals surface area contributed by atoms with Crippen molar-refractivity contribution in [3.63, 3.8) is 0 Å². The molecule has 1 aliphatic rings. The summed E-state index contributed by atoms with van der Waals surface area (Å²) >= 11 is 0. The average Bonchev–Trinajstić information content (AvgIpc) is 3.13. The third-order valence-electron chi connectivity index (χ3n) is 5.35. The predicted molar refractivity (Wildman–Crippen MR) is 119 cm³/mol. The van der Waals surface area contributed by atoms with E-state index in [-0.39, 0.29) is 24.5 Å². The monoisotopic (exact) mass is 427 g/mol. The average molecular weight is 428 g/mol. The molecule has 0 fully saturated rings. The van der Waals surface area contributed by atoms with Gasteiger partial charge in [-0.15, -0.1) is 12.4 Å². The molecule has 0 spiro atoms. The number of aryl methyl sites for hydroxylation is 2. The molecular formula is C24H24ClF2N3. The normalized spacial score (nSPS) is 17.7. The number of hydrogen-bond donors (Lipinski definition) is 2. The molecule has 0 amide bonds. The Balaban J connectivity index is 0.00000256. The Morgan fingerprint density at radius 1 is 0.867 bits per heavy atom. The zero-order chi connectivity index (χ0) is 20.4. The Kier molecular flexibility index (Phi) is 6.73. The van der Waals surface area contributed by atoms with E-state index >= 15 is 0 Å². The summed E-state index contributed by atoms with van der Waals surface area (Å²) in [6.07, 6.45) is 0. The van der Waals surface area contributed by atoms with Gasteiger partial charge in [0.15, 0.2) is 17.6 Å². The van der Waals surface area contributed by atoms with Crippen LogP contribution in [-0.2, 0) is 6.54 Å². The van der Waals surface area contributed by atoms with Crippen molar-refractivity contribution in [2.75, 3.05) is 0 Å². The summed E-state index contributed by atoms with van der Waals surface area (Å²) < 4.78 is 26.6.